The Hall–Kier alpha value is -2.76. The first-order chi connectivity index (χ1) is 12.2. The van der Waals surface area contributed by atoms with E-state index in [1.807, 2.05) is 30.3 Å². The second-order valence-electron chi connectivity index (χ2n) is 6.49. The van der Waals surface area contributed by atoms with E-state index < -0.39 is 0 Å². The van der Waals surface area contributed by atoms with Gasteiger partial charge in [0.05, 0.1) is 31.4 Å². The van der Waals surface area contributed by atoms with Crippen LogP contribution in [-0.2, 0) is 16.1 Å². The molecule has 0 saturated carbocycles. The van der Waals surface area contributed by atoms with Crippen molar-refractivity contribution in [2.45, 2.75) is 25.4 Å². The van der Waals surface area contributed by atoms with E-state index in [9.17, 15) is 9.59 Å². The molecule has 1 saturated heterocycles. The van der Waals surface area contributed by atoms with E-state index in [1.54, 1.807) is 17.2 Å². The fourth-order valence-corrected chi connectivity index (χ4v) is 3.47. The lowest BCUT2D eigenvalue weighted by molar-refractivity contribution is -0.129. The Kier molecular flexibility index (Phi) is 4.17. The third kappa shape index (κ3) is 3.24. The van der Waals surface area contributed by atoms with Gasteiger partial charge < -0.3 is 19.4 Å². The van der Waals surface area contributed by atoms with Gasteiger partial charge in [0.25, 0.3) is 0 Å². The molecule has 2 amide bonds. The first-order valence-electron chi connectivity index (χ1n) is 8.53. The van der Waals surface area contributed by atoms with Crippen LogP contribution in [0.1, 0.15) is 30.2 Å². The van der Waals surface area contributed by atoms with Crippen LogP contribution in [0.3, 0.4) is 0 Å². The summed E-state index contributed by atoms with van der Waals surface area (Å²) in [6.45, 7) is 1.42. The monoisotopic (exact) mass is 340 g/mol. The van der Waals surface area contributed by atoms with Crippen LogP contribution in [0.5, 0.6) is 5.75 Å². The van der Waals surface area contributed by atoms with Crippen LogP contribution in [0, 0.1) is 5.92 Å². The van der Waals surface area contributed by atoms with Gasteiger partial charge in [0.2, 0.25) is 11.8 Å². The highest BCUT2D eigenvalue weighted by molar-refractivity contribution is 5.89. The number of fused-ring (bicyclic) bond motifs is 1. The minimum atomic E-state index is -0.322. The highest BCUT2D eigenvalue weighted by atomic mass is 16.5. The number of nitrogens with one attached hydrogen (secondary N) is 1. The lowest BCUT2D eigenvalue weighted by atomic mass is 9.99. The number of likely N-dealkylation sites (tertiary alicyclic amines) is 1. The maximum absolute atomic E-state index is 12.7. The normalized spacial score (nSPS) is 22.4. The van der Waals surface area contributed by atoms with Crippen molar-refractivity contribution in [1.29, 1.82) is 0 Å². The number of furan rings is 1. The Morgan fingerprint density at radius 1 is 1.24 bits per heavy atom. The molecule has 6 heteroatoms. The zero-order chi connectivity index (χ0) is 17.2. The van der Waals surface area contributed by atoms with Crippen LogP contribution < -0.4 is 10.1 Å². The van der Waals surface area contributed by atoms with Crippen LogP contribution in [0.2, 0.25) is 0 Å². The Bertz CT molecular complexity index is 771. The van der Waals surface area contributed by atoms with Crippen molar-refractivity contribution >= 4 is 11.8 Å². The maximum Gasteiger partial charge on any atom is 0.225 e. The van der Waals surface area contributed by atoms with Crippen molar-refractivity contribution in [2.75, 3.05) is 13.2 Å². The SMILES string of the molecule is O=C(N[C@@H]1CCOc2ccccc21)[C@@H]1CC(=O)N(Cc2ccco2)C1. The van der Waals surface area contributed by atoms with Gasteiger partial charge >= 0.3 is 0 Å². The fraction of sp³-hybridized carbons (Fsp3) is 0.368. The Morgan fingerprint density at radius 2 is 2.12 bits per heavy atom. The van der Waals surface area contributed by atoms with Gasteiger partial charge in [0.1, 0.15) is 11.5 Å². The van der Waals surface area contributed by atoms with Gasteiger partial charge in [0.15, 0.2) is 0 Å². The van der Waals surface area contributed by atoms with Gasteiger partial charge in [-0.2, -0.15) is 0 Å². The predicted octanol–water partition coefficient (Wildman–Crippen LogP) is 2.27. The number of carbonyl (C=O) groups is 2. The highest BCUT2D eigenvalue weighted by Crippen LogP contribution is 2.32. The van der Waals surface area contributed by atoms with Crippen molar-refractivity contribution in [3.63, 3.8) is 0 Å². The molecule has 0 unspecified atom stereocenters. The van der Waals surface area contributed by atoms with E-state index in [2.05, 4.69) is 5.32 Å². The van der Waals surface area contributed by atoms with Crippen molar-refractivity contribution in [3.8, 4) is 5.75 Å². The zero-order valence-electron chi connectivity index (χ0n) is 13.8. The smallest absolute Gasteiger partial charge is 0.225 e. The van der Waals surface area contributed by atoms with Gasteiger partial charge in [-0.25, -0.2) is 0 Å². The number of ether oxygens (including phenoxy) is 1. The minimum absolute atomic E-state index is 0.0103. The molecule has 2 aromatic rings. The summed E-state index contributed by atoms with van der Waals surface area (Å²) in [6.07, 6.45) is 2.57. The third-order valence-corrected chi connectivity index (χ3v) is 4.79. The van der Waals surface area contributed by atoms with Crippen LogP contribution >= 0.6 is 0 Å². The summed E-state index contributed by atoms with van der Waals surface area (Å²) in [4.78, 5) is 26.5. The number of benzene rings is 1. The van der Waals surface area contributed by atoms with Crippen molar-refractivity contribution in [2.24, 2.45) is 5.92 Å². The summed E-state index contributed by atoms with van der Waals surface area (Å²) in [7, 11) is 0. The Balaban J connectivity index is 1.40. The molecule has 0 spiro atoms. The molecule has 1 fully saturated rings. The lowest BCUT2D eigenvalue weighted by Gasteiger charge is -2.27. The average Bonchev–Trinajstić information content (AvgIpc) is 3.26. The molecule has 4 rings (SSSR count). The molecule has 0 bridgehead atoms. The van der Waals surface area contributed by atoms with E-state index >= 15 is 0 Å². The first kappa shape index (κ1) is 15.7. The summed E-state index contributed by atoms with van der Waals surface area (Å²) >= 11 is 0. The summed E-state index contributed by atoms with van der Waals surface area (Å²) < 4.78 is 10.9. The molecule has 2 atom stereocenters. The van der Waals surface area contributed by atoms with Crippen LogP contribution in [0.4, 0.5) is 0 Å². The second kappa shape index (κ2) is 6.63. The van der Waals surface area contributed by atoms with E-state index in [-0.39, 0.29) is 30.2 Å². The number of carbonyl (C=O) groups excluding carboxylic acids is 2. The molecule has 2 aliphatic rings. The summed E-state index contributed by atoms with van der Waals surface area (Å²) in [5.41, 5.74) is 0.999. The molecule has 130 valence electrons. The zero-order valence-corrected chi connectivity index (χ0v) is 13.8. The predicted molar refractivity (Wildman–Crippen MR) is 89.7 cm³/mol. The molecule has 1 aromatic carbocycles. The quantitative estimate of drug-likeness (QED) is 0.927. The summed E-state index contributed by atoms with van der Waals surface area (Å²) in [5.74, 6) is 1.15. The van der Waals surface area contributed by atoms with Gasteiger partial charge in [0, 0.05) is 24.9 Å². The number of hydrogen-bond donors (Lipinski definition) is 1. The van der Waals surface area contributed by atoms with E-state index in [0.29, 0.717) is 19.7 Å². The molecular formula is C19H20N2O4. The van der Waals surface area contributed by atoms with Gasteiger partial charge in [-0.05, 0) is 18.2 Å². The Labute approximate surface area is 145 Å². The number of hydrogen-bond acceptors (Lipinski definition) is 4. The molecule has 1 N–H and O–H groups in total. The molecule has 3 heterocycles. The number of amides is 2. The molecular weight excluding hydrogens is 320 g/mol. The largest absolute Gasteiger partial charge is 0.493 e. The number of para-hydroxylation sites is 1. The second-order valence-corrected chi connectivity index (χ2v) is 6.49. The van der Waals surface area contributed by atoms with E-state index in [1.165, 1.54) is 0 Å². The van der Waals surface area contributed by atoms with Gasteiger partial charge in [-0.3, -0.25) is 9.59 Å². The van der Waals surface area contributed by atoms with Gasteiger partial charge in [-0.1, -0.05) is 18.2 Å². The molecule has 0 radical (unpaired) electrons. The topological polar surface area (TPSA) is 71.8 Å². The summed E-state index contributed by atoms with van der Waals surface area (Å²) in [5, 5.41) is 3.10. The molecule has 6 nitrogen and oxygen atoms in total. The average molecular weight is 340 g/mol. The highest BCUT2D eigenvalue weighted by Gasteiger charge is 2.36. The number of nitrogens with zero attached hydrogens (tertiary/aromatic N) is 1. The van der Waals surface area contributed by atoms with Crippen molar-refractivity contribution < 1.29 is 18.7 Å². The molecule has 25 heavy (non-hydrogen) atoms. The Morgan fingerprint density at radius 3 is 2.96 bits per heavy atom. The first-order valence-corrected chi connectivity index (χ1v) is 8.53. The summed E-state index contributed by atoms with van der Waals surface area (Å²) in [6, 6.07) is 11.3. The van der Waals surface area contributed by atoms with Crippen LogP contribution in [-0.4, -0.2) is 29.9 Å². The molecule has 1 aromatic heterocycles. The minimum Gasteiger partial charge on any atom is -0.493 e. The van der Waals surface area contributed by atoms with Gasteiger partial charge in [-0.15, -0.1) is 0 Å². The fourth-order valence-electron chi connectivity index (χ4n) is 3.47. The van der Waals surface area contributed by atoms with Crippen molar-refractivity contribution in [3.05, 3.63) is 54.0 Å². The van der Waals surface area contributed by atoms with E-state index in [4.69, 9.17) is 9.15 Å². The van der Waals surface area contributed by atoms with Crippen LogP contribution in [0.15, 0.2) is 47.1 Å². The lowest BCUT2D eigenvalue weighted by Crippen LogP contribution is -2.37. The molecule has 2 aliphatic heterocycles. The standard InChI is InChI=1S/C19H20N2O4/c22-18-10-13(11-21(18)12-14-4-3-8-24-14)19(23)20-16-7-9-25-17-6-2-1-5-15(16)17/h1-6,8,13,16H,7,9-12H2,(H,20,23)/t13-,16-/m1/s1. The van der Waals surface area contributed by atoms with Crippen molar-refractivity contribution in [1.82, 2.24) is 10.2 Å². The molecule has 0 aliphatic carbocycles. The van der Waals surface area contributed by atoms with E-state index in [0.717, 1.165) is 23.5 Å². The van der Waals surface area contributed by atoms with Crippen LogP contribution in [0.25, 0.3) is 0 Å². The third-order valence-electron chi connectivity index (χ3n) is 4.79. The maximum atomic E-state index is 12.7. The number of rotatable bonds is 4.